The van der Waals surface area contributed by atoms with E-state index in [1.165, 1.54) is 49.2 Å². The highest BCUT2D eigenvalue weighted by atomic mass is 79.9. The van der Waals surface area contributed by atoms with Gasteiger partial charge in [-0.15, -0.1) is 0 Å². The Hall–Kier alpha value is -1.99. The fraction of sp³-hybridized carbons (Fsp3) is 0.464. The Labute approximate surface area is 210 Å². The number of morpholine rings is 1. The van der Waals surface area contributed by atoms with Gasteiger partial charge in [0.2, 0.25) is 0 Å². The van der Waals surface area contributed by atoms with Crippen LogP contribution in [0.5, 0.6) is 0 Å². The number of likely N-dealkylation sites (tertiary alicyclic amines) is 1. The summed E-state index contributed by atoms with van der Waals surface area (Å²) in [5.74, 6) is 1.91. The van der Waals surface area contributed by atoms with E-state index in [1.807, 2.05) is 6.20 Å². The Morgan fingerprint density at radius 1 is 0.941 bits per heavy atom. The minimum atomic E-state index is -0.215. The summed E-state index contributed by atoms with van der Waals surface area (Å²) >= 11 is 3.63. The van der Waals surface area contributed by atoms with Crippen LogP contribution >= 0.6 is 15.9 Å². The number of hydrogen-bond donors (Lipinski definition) is 0. The van der Waals surface area contributed by atoms with Gasteiger partial charge in [0.25, 0.3) is 0 Å². The highest BCUT2D eigenvalue weighted by molar-refractivity contribution is 9.10. The monoisotopic (exact) mass is 520 g/mol. The maximum absolute atomic E-state index is 5.52. The molecule has 0 N–H and O–H groups in total. The van der Waals surface area contributed by atoms with Crippen molar-refractivity contribution in [3.05, 3.63) is 76.5 Å². The second-order valence-electron chi connectivity index (χ2n) is 9.98. The summed E-state index contributed by atoms with van der Waals surface area (Å²) in [7, 11) is 0. The molecule has 0 spiro atoms. The van der Waals surface area contributed by atoms with E-state index in [0.717, 1.165) is 55.5 Å². The predicted octanol–water partition coefficient (Wildman–Crippen LogP) is 4.85. The molecular weight excluding hydrogens is 488 g/mol. The van der Waals surface area contributed by atoms with Crippen LogP contribution in [0.1, 0.15) is 30.4 Å². The van der Waals surface area contributed by atoms with Crippen molar-refractivity contribution in [2.75, 3.05) is 52.5 Å². The first-order valence-electron chi connectivity index (χ1n) is 12.7. The van der Waals surface area contributed by atoms with E-state index in [-0.39, 0.29) is 5.54 Å². The average Bonchev–Trinajstić information content (AvgIpc) is 3.46. The van der Waals surface area contributed by atoms with Gasteiger partial charge in [-0.2, -0.15) is 0 Å². The van der Waals surface area contributed by atoms with E-state index in [4.69, 9.17) is 9.72 Å². The van der Waals surface area contributed by atoms with E-state index in [9.17, 15) is 0 Å². The van der Waals surface area contributed by atoms with Crippen LogP contribution in [0.25, 0.3) is 11.4 Å². The van der Waals surface area contributed by atoms with Gasteiger partial charge in [-0.3, -0.25) is 4.90 Å². The number of benzene rings is 2. The number of halogens is 1. The Bertz CT molecular complexity index is 1120. The summed E-state index contributed by atoms with van der Waals surface area (Å²) in [5, 5.41) is 0. The molecule has 6 rings (SSSR count). The third-order valence-electron chi connectivity index (χ3n) is 8.10. The van der Waals surface area contributed by atoms with Gasteiger partial charge in [0.1, 0.15) is 5.82 Å². The summed E-state index contributed by atoms with van der Waals surface area (Å²) in [4.78, 5) is 10.1. The molecule has 2 aromatic carbocycles. The van der Waals surface area contributed by atoms with Crippen LogP contribution in [0.2, 0.25) is 0 Å². The third kappa shape index (κ3) is 4.05. The topological polar surface area (TPSA) is 33.5 Å². The van der Waals surface area contributed by atoms with Crippen LogP contribution in [0.15, 0.2) is 65.4 Å². The number of nitrogens with zero attached hydrogens (tertiary/aromatic N) is 4. The van der Waals surface area contributed by atoms with Crippen molar-refractivity contribution in [3.63, 3.8) is 0 Å². The van der Waals surface area contributed by atoms with Crippen LogP contribution in [0.4, 0.5) is 0 Å². The van der Waals surface area contributed by atoms with Crippen molar-refractivity contribution in [1.82, 2.24) is 19.4 Å². The first-order valence-corrected chi connectivity index (χ1v) is 13.5. The van der Waals surface area contributed by atoms with Crippen LogP contribution in [-0.4, -0.2) is 71.8 Å². The number of rotatable bonds is 6. The molecule has 1 atom stereocenters. The van der Waals surface area contributed by atoms with Gasteiger partial charge in [-0.25, -0.2) is 4.98 Å². The van der Waals surface area contributed by atoms with Gasteiger partial charge in [-0.05, 0) is 61.5 Å². The van der Waals surface area contributed by atoms with E-state index >= 15 is 0 Å². The molecule has 34 heavy (non-hydrogen) atoms. The number of fused-ring (bicyclic) bond motifs is 3. The largest absolute Gasteiger partial charge is 0.379 e. The van der Waals surface area contributed by atoms with Gasteiger partial charge in [0.05, 0.1) is 18.8 Å². The maximum atomic E-state index is 5.52. The second kappa shape index (κ2) is 9.57. The molecule has 178 valence electrons. The molecular formula is C28H33BrN4O. The first kappa shape index (κ1) is 22.5. The Morgan fingerprint density at radius 3 is 2.50 bits per heavy atom. The van der Waals surface area contributed by atoms with Gasteiger partial charge in [0.15, 0.2) is 0 Å². The molecule has 0 radical (unpaired) electrons. The van der Waals surface area contributed by atoms with Gasteiger partial charge in [0, 0.05) is 48.6 Å². The molecule has 3 aromatic rings. The van der Waals surface area contributed by atoms with Gasteiger partial charge >= 0.3 is 0 Å². The van der Waals surface area contributed by atoms with Crippen molar-refractivity contribution in [2.45, 2.75) is 24.8 Å². The summed E-state index contributed by atoms with van der Waals surface area (Å²) in [6.45, 7) is 8.72. The van der Waals surface area contributed by atoms with Crippen molar-refractivity contribution in [3.8, 4) is 11.4 Å². The normalized spacial score (nSPS) is 23.7. The zero-order valence-electron chi connectivity index (χ0n) is 19.7. The van der Waals surface area contributed by atoms with E-state index in [2.05, 4.69) is 85.0 Å². The second-order valence-corrected chi connectivity index (χ2v) is 10.9. The molecule has 0 amide bonds. The fourth-order valence-corrected chi connectivity index (χ4v) is 6.52. The zero-order chi connectivity index (χ0) is 23.0. The lowest BCUT2D eigenvalue weighted by Gasteiger charge is -2.39. The Kier molecular flexibility index (Phi) is 6.33. The standard InChI is InChI=1S/C28H33BrN4O/c29-24-7-5-23(6-8-24)28(26-4-2-1-3-25(26)27-30-12-16-33(27)28)11-15-31-13-9-22(10-14-31)21-32-17-19-34-20-18-32/h1-8,12,16,22H,9-11,13-15,17-21H2. The number of hydrogen-bond acceptors (Lipinski definition) is 4. The minimum absolute atomic E-state index is 0.215. The number of ether oxygens (including phenoxy) is 1. The van der Waals surface area contributed by atoms with Crippen molar-refractivity contribution in [1.29, 1.82) is 0 Å². The Balaban J connectivity index is 1.22. The molecule has 2 fully saturated rings. The van der Waals surface area contributed by atoms with Crippen molar-refractivity contribution < 1.29 is 4.74 Å². The molecule has 0 bridgehead atoms. The van der Waals surface area contributed by atoms with Crippen LogP contribution in [-0.2, 0) is 10.3 Å². The molecule has 4 heterocycles. The molecule has 1 aromatic heterocycles. The summed E-state index contributed by atoms with van der Waals surface area (Å²) in [6, 6.07) is 17.8. The van der Waals surface area contributed by atoms with Crippen LogP contribution in [0.3, 0.4) is 0 Å². The molecule has 2 saturated heterocycles. The van der Waals surface area contributed by atoms with Crippen LogP contribution < -0.4 is 0 Å². The van der Waals surface area contributed by atoms with E-state index in [0.29, 0.717) is 0 Å². The third-order valence-corrected chi connectivity index (χ3v) is 8.63. The average molecular weight is 522 g/mol. The summed E-state index contributed by atoms with van der Waals surface area (Å²) in [6.07, 6.45) is 7.77. The SMILES string of the molecule is Brc1ccc(C2(CCN3CCC(CN4CCOCC4)CC3)c3ccccc3-c3nccn32)cc1. The zero-order valence-corrected chi connectivity index (χ0v) is 21.3. The number of imidazole rings is 1. The van der Waals surface area contributed by atoms with Gasteiger partial charge < -0.3 is 14.2 Å². The smallest absolute Gasteiger partial charge is 0.141 e. The minimum Gasteiger partial charge on any atom is -0.379 e. The first-order chi connectivity index (χ1) is 16.7. The lowest BCUT2D eigenvalue weighted by molar-refractivity contribution is 0.0243. The summed E-state index contributed by atoms with van der Waals surface area (Å²) < 4.78 is 9.06. The summed E-state index contributed by atoms with van der Waals surface area (Å²) in [5.41, 5.74) is 3.76. The maximum Gasteiger partial charge on any atom is 0.141 e. The molecule has 3 aliphatic heterocycles. The molecule has 5 nitrogen and oxygen atoms in total. The van der Waals surface area contributed by atoms with Gasteiger partial charge in [-0.1, -0.05) is 52.3 Å². The lowest BCUT2D eigenvalue weighted by Crippen LogP contribution is -2.44. The molecule has 1 unspecified atom stereocenters. The predicted molar refractivity (Wildman–Crippen MR) is 139 cm³/mol. The van der Waals surface area contributed by atoms with Crippen molar-refractivity contribution >= 4 is 15.9 Å². The molecule has 0 saturated carbocycles. The number of aromatic nitrogens is 2. The Morgan fingerprint density at radius 2 is 1.71 bits per heavy atom. The quantitative estimate of drug-likeness (QED) is 0.465. The highest BCUT2D eigenvalue weighted by Crippen LogP contribution is 2.49. The molecule has 3 aliphatic rings. The highest BCUT2D eigenvalue weighted by Gasteiger charge is 2.44. The van der Waals surface area contributed by atoms with E-state index in [1.54, 1.807) is 0 Å². The van der Waals surface area contributed by atoms with E-state index < -0.39 is 0 Å². The molecule has 0 aliphatic carbocycles. The van der Waals surface area contributed by atoms with Crippen LogP contribution in [0, 0.1) is 5.92 Å². The van der Waals surface area contributed by atoms with Crippen molar-refractivity contribution in [2.24, 2.45) is 5.92 Å². The fourth-order valence-electron chi connectivity index (χ4n) is 6.26. The molecule has 6 heteroatoms. The number of piperidine rings is 1. The lowest BCUT2D eigenvalue weighted by atomic mass is 9.79.